The quantitative estimate of drug-likeness (QED) is 0.506. The second kappa shape index (κ2) is 9.17. The van der Waals surface area contributed by atoms with Crippen LogP contribution in [0.1, 0.15) is 21.5 Å². The molecule has 2 aromatic heterocycles. The third-order valence-corrected chi connectivity index (χ3v) is 4.93. The van der Waals surface area contributed by atoms with Crippen molar-refractivity contribution in [3.05, 3.63) is 102 Å². The van der Waals surface area contributed by atoms with Crippen LogP contribution in [0.3, 0.4) is 0 Å². The lowest BCUT2D eigenvalue weighted by Gasteiger charge is -2.21. The highest BCUT2D eigenvalue weighted by molar-refractivity contribution is 5.99. The molecule has 0 bridgehead atoms. The summed E-state index contributed by atoms with van der Waals surface area (Å²) in [7, 11) is 1.90. The molecule has 0 spiro atoms. The maximum Gasteiger partial charge on any atom is 0.256 e. The Labute approximate surface area is 181 Å². The van der Waals surface area contributed by atoms with Crippen LogP contribution in [0.2, 0.25) is 0 Å². The standard InChI is InChI=1S/C25H23N5O/c1-18-8-6-10-20(14-18)23-27-17-22(25(31)28-16-19-9-7-13-26-15-19)24(29-23)30(2)21-11-4-3-5-12-21/h3-15,17H,16H2,1-2H3,(H,28,31). The van der Waals surface area contributed by atoms with Gasteiger partial charge in [0.05, 0.1) is 0 Å². The summed E-state index contributed by atoms with van der Waals surface area (Å²) >= 11 is 0. The van der Waals surface area contributed by atoms with E-state index < -0.39 is 0 Å². The summed E-state index contributed by atoms with van der Waals surface area (Å²) in [6.07, 6.45) is 5.03. The van der Waals surface area contributed by atoms with Gasteiger partial charge < -0.3 is 10.2 Å². The number of hydrogen-bond donors (Lipinski definition) is 1. The summed E-state index contributed by atoms with van der Waals surface area (Å²) in [4.78, 5) is 28.3. The number of anilines is 2. The molecular formula is C25H23N5O. The molecule has 2 heterocycles. The largest absolute Gasteiger partial charge is 0.348 e. The van der Waals surface area contributed by atoms with Gasteiger partial charge in [-0.15, -0.1) is 0 Å². The molecule has 31 heavy (non-hydrogen) atoms. The van der Waals surface area contributed by atoms with Crippen LogP contribution in [0.5, 0.6) is 0 Å². The van der Waals surface area contributed by atoms with E-state index in [1.165, 1.54) is 0 Å². The highest BCUT2D eigenvalue weighted by Gasteiger charge is 2.19. The van der Waals surface area contributed by atoms with E-state index >= 15 is 0 Å². The van der Waals surface area contributed by atoms with E-state index in [-0.39, 0.29) is 5.91 Å². The lowest BCUT2D eigenvalue weighted by Crippen LogP contribution is -2.26. The molecule has 0 radical (unpaired) electrons. The number of nitrogens with one attached hydrogen (secondary N) is 1. The van der Waals surface area contributed by atoms with Gasteiger partial charge >= 0.3 is 0 Å². The number of hydrogen-bond acceptors (Lipinski definition) is 5. The highest BCUT2D eigenvalue weighted by atomic mass is 16.1. The fourth-order valence-electron chi connectivity index (χ4n) is 3.27. The molecular weight excluding hydrogens is 386 g/mol. The Morgan fingerprint density at radius 3 is 2.58 bits per heavy atom. The first-order valence-electron chi connectivity index (χ1n) is 10.0. The number of carbonyl (C=O) groups is 1. The van der Waals surface area contributed by atoms with Crippen LogP contribution in [-0.4, -0.2) is 27.9 Å². The number of carbonyl (C=O) groups excluding carboxylic acids is 1. The zero-order chi connectivity index (χ0) is 21.6. The second-order valence-corrected chi connectivity index (χ2v) is 7.24. The number of aryl methyl sites for hydroxylation is 1. The lowest BCUT2D eigenvalue weighted by molar-refractivity contribution is 0.0951. The first kappa shape index (κ1) is 20.2. The molecule has 0 aliphatic heterocycles. The predicted octanol–water partition coefficient (Wildman–Crippen LogP) is 4.54. The van der Waals surface area contributed by atoms with E-state index in [0.29, 0.717) is 23.8 Å². The Balaban J connectivity index is 1.70. The fraction of sp³-hybridized carbons (Fsp3) is 0.120. The van der Waals surface area contributed by atoms with Gasteiger partial charge in [-0.05, 0) is 36.8 Å². The van der Waals surface area contributed by atoms with Crippen LogP contribution < -0.4 is 10.2 Å². The van der Waals surface area contributed by atoms with E-state index in [0.717, 1.165) is 22.4 Å². The van der Waals surface area contributed by atoms with Crippen molar-refractivity contribution in [3.63, 3.8) is 0 Å². The third-order valence-electron chi connectivity index (χ3n) is 4.93. The second-order valence-electron chi connectivity index (χ2n) is 7.24. The molecule has 4 aromatic rings. The highest BCUT2D eigenvalue weighted by Crippen LogP contribution is 2.27. The summed E-state index contributed by atoms with van der Waals surface area (Å²) in [6.45, 7) is 2.40. The normalized spacial score (nSPS) is 10.5. The van der Waals surface area contributed by atoms with Crippen LogP contribution in [0, 0.1) is 6.92 Å². The first-order valence-corrected chi connectivity index (χ1v) is 10.0. The Kier molecular flexibility index (Phi) is 5.98. The van der Waals surface area contributed by atoms with Crippen molar-refractivity contribution in [1.82, 2.24) is 20.3 Å². The molecule has 2 aromatic carbocycles. The number of pyridine rings is 1. The van der Waals surface area contributed by atoms with E-state index in [4.69, 9.17) is 4.98 Å². The predicted molar refractivity (Wildman–Crippen MR) is 122 cm³/mol. The van der Waals surface area contributed by atoms with Crippen LogP contribution in [0.15, 0.2) is 85.3 Å². The van der Waals surface area contributed by atoms with Gasteiger partial charge in [0.1, 0.15) is 11.4 Å². The maximum atomic E-state index is 13.0. The molecule has 0 saturated heterocycles. The topological polar surface area (TPSA) is 71.0 Å². The molecule has 6 nitrogen and oxygen atoms in total. The van der Waals surface area contributed by atoms with Gasteiger partial charge in [-0.2, -0.15) is 0 Å². The van der Waals surface area contributed by atoms with Crippen molar-refractivity contribution in [2.45, 2.75) is 13.5 Å². The smallest absolute Gasteiger partial charge is 0.256 e. The van der Waals surface area contributed by atoms with E-state index in [9.17, 15) is 4.79 Å². The van der Waals surface area contributed by atoms with Crippen LogP contribution in [-0.2, 0) is 6.54 Å². The number of rotatable bonds is 6. The molecule has 0 atom stereocenters. The summed E-state index contributed by atoms with van der Waals surface area (Å²) < 4.78 is 0. The van der Waals surface area contributed by atoms with Crippen molar-refractivity contribution in [1.29, 1.82) is 0 Å². The summed E-state index contributed by atoms with van der Waals surface area (Å²) in [6, 6.07) is 21.6. The first-order chi connectivity index (χ1) is 15.1. The van der Waals surface area contributed by atoms with Gasteiger partial charge in [0, 0.05) is 43.4 Å². The third kappa shape index (κ3) is 4.75. The van der Waals surface area contributed by atoms with E-state index in [1.54, 1.807) is 18.6 Å². The molecule has 0 aliphatic rings. The SMILES string of the molecule is Cc1cccc(-c2ncc(C(=O)NCc3cccnc3)c(N(C)c3ccccc3)n2)c1. The lowest BCUT2D eigenvalue weighted by atomic mass is 10.1. The Hall–Kier alpha value is -4.06. The minimum atomic E-state index is -0.238. The number of benzene rings is 2. The van der Waals surface area contributed by atoms with Gasteiger partial charge in [-0.3, -0.25) is 9.78 Å². The monoisotopic (exact) mass is 409 g/mol. The molecule has 0 fully saturated rings. The van der Waals surface area contributed by atoms with Gasteiger partial charge in [-0.1, -0.05) is 48.0 Å². The molecule has 0 unspecified atom stereocenters. The molecule has 154 valence electrons. The number of aromatic nitrogens is 3. The molecule has 0 aliphatic carbocycles. The number of amides is 1. The molecule has 4 rings (SSSR count). The zero-order valence-corrected chi connectivity index (χ0v) is 17.5. The van der Waals surface area contributed by atoms with E-state index in [1.807, 2.05) is 85.6 Å². The Bertz CT molecular complexity index is 1180. The average molecular weight is 409 g/mol. The minimum absolute atomic E-state index is 0.238. The Morgan fingerprint density at radius 1 is 1.00 bits per heavy atom. The summed E-state index contributed by atoms with van der Waals surface area (Å²) in [5, 5.41) is 2.94. The van der Waals surface area contributed by atoms with Gasteiger partial charge in [-0.25, -0.2) is 9.97 Å². The number of para-hydroxylation sites is 1. The fourth-order valence-corrected chi connectivity index (χ4v) is 3.27. The van der Waals surface area contributed by atoms with Crippen molar-refractivity contribution < 1.29 is 4.79 Å². The van der Waals surface area contributed by atoms with Crippen molar-refractivity contribution in [2.24, 2.45) is 0 Å². The average Bonchev–Trinajstić information content (AvgIpc) is 2.83. The number of nitrogens with zero attached hydrogens (tertiary/aromatic N) is 4. The van der Waals surface area contributed by atoms with Crippen LogP contribution >= 0.6 is 0 Å². The Morgan fingerprint density at radius 2 is 1.84 bits per heavy atom. The van der Waals surface area contributed by atoms with Crippen molar-refractivity contribution >= 4 is 17.4 Å². The van der Waals surface area contributed by atoms with Crippen LogP contribution in [0.4, 0.5) is 11.5 Å². The van der Waals surface area contributed by atoms with Crippen LogP contribution in [0.25, 0.3) is 11.4 Å². The summed E-state index contributed by atoms with van der Waals surface area (Å²) in [5.74, 6) is 0.879. The minimum Gasteiger partial charge on any atom is -0.348 e. The van der Waals surface area contributed by atoms with Crippen molar-refractivity contribution in [3.8, 4) is 11.4 Å². The van der Waals surface area contributed by atoms with Gasteiger partial charge in [0.2, 0.25) is 0 Å². The maximum absolute atomic E-state index is 13.0. The van der Waals surface area contributed by atoms with Crippen molar-refractivity contribution in [2.75, 3.05) is 11.9 Å². The van der Waals surface area contributed by atoms with E-state index in [2.05, 4.69) is 15.3 Å². The molecule has 1 amide bonds. The zero-order valence-electron chi connectivity index (χ0n) is 17.5. The van der Waals surface area contributed by atoms with Gasteiger partial charge in [0.25, 0.3) is 5.91 Å². The molecule has 0 saturated carbocycles. The van der Waals surface area contributed by atoms with Gasteiger partial charge in [0.15, 0.2) is 5.82 Å². The molecule has 1 N–H and O–H groups in total. The molecule has 6 heteroatoms. The summed E-state index contributed by atoms with van der Waals surface area (Å²) in [5.41, 5.74) is 4.29.